The van der Waals surface area contributed by atoms with Crippen LogP contribution in [0.2, 0.25) is 0 Å². The van der Waals surface area contributed by atoms with Crippen LogP contribution in [-0.4, -0.2) is 20.5 Å². The third-order valence-corrected chi connectivity index (χ3v) is 6.50. The fourth-order valence-corrected chi connectivity index (χ4v) is 4.85. The zero-order chi connectivity index (χ0) is 21.9. The first-order valence-corrected chi connectivity index (χ1v) is 10.8. The van der Waals surface area contributed by atoms with Crippen LogP contribution in [0.3, 0.4) is 0 Å². The van der Waals surface area contributed by atoms with E-state index in [0.717, 1.165) is 25.9 Å². The van der Waals surface area contributed by atoms with Crippen molar-refractivity contribution in [3.05, 3.63) is 94.8 Å². The Kier molecular flexibility index (Phi) is 4.56. The Balaban J connectivity index is 1.76. The van der Waals surface area contributed by atoms with E-state index in [-0.39, 0.29) is 39.0 Å². The van der Waals surface area contributed by atoms with Crippen molar-refractivity contribution in [2.45, 2.75) is 13.5 Å². The van der Waals surface area contributed by atoms with Gasteiger partial charge in [-0.05, 0) is 42.8 Å². The number of rotatable bonds is 2. The molecule has 31 heavy (non-hydrogen) atoms. The van der Waals surface area contributed by atoms with Gasteiger partial charge in [0.2, 0.25) is 4.96 Å². The van der Waals surface area contributed by atoms with E-state index in [9.17, 15) is 18.8 Å². The van der Waals surface area contributed by atoms with Gasteiger partial charge in [-0.3, -0.25) is 14.4 Å². The number of carbonyl (C=O) groups is 1. The van der Waals surface area contributed by atoms with E-state index in [1.54, 1.807) is 35.2 Å². The maximum absolute atomic E-state index is 13.5. The lowest BCUT2D eigenvalue weighted by Crippen LogP contribution is -2.33. The Labute approximate surface area is 186 Å². The number of halogens is 2. The predicted octanol–water partition coefficient (Wildman–Crippen LogP) is 2.19. The van der Waals surface area contributed by atoms with E-state index in [4.69, 9.17) is 0 Å². The standard InChI is InChI=1S/C21H12BrFN4O3S/c1-10-18(28)24-21-27(25-10)20(30)17(31-21)16-14-8-12(22)4-7-15(14)26(19(16)29)9-11-2-5-13(23)6-3-11/h2-8H,9H2,1H3/b17-16-. The Morgan fingerprint density at radius 1 is 1.10 bits per heavy atom. The molecule has 0 atom stereocenters. The van der Waals surface area contributed by atoms with Gasteiger partial charge in [0.05, 0.1) is 17.8 Å². The van der Waals surface area contributed by atoms with Crippen molar-refractivity contribution in [1.82, 2.24) is 14.6 Å². The molecule has 154 valence electrons. The van der Waals surface area contributed by atoms with Gasteiger partial charge in [0.15, 0.2) is 0 Å². The van der Waals surface area contributed by atoms with Crippen LogP contribution in [0, 0.1) is 12.7 Å². The molecule has 3 heterocycles. The second-order valence-electron chi connectivity index (χ2n) is 6.99. The molecule has 0 saturated heterocycles. The Hall–Kier alpha value is -3.24. The SMILES string of the molecule is Cc1nn2c(=O)/c(=C3/C(=O)N(Cc4ccc(F)cc4)c4ccc(Br)cc43)sc2nc1=O. The van der Waals surface area contributed by atoms with Crippen molar-refractivity contribution >= 4 is 49.4 Å². The van der Waals surface area contributed by atoms with E-state index in [1.165, 1.54) is 19.1 Å². The van der Waals surface area contributed by atoms with Crippen LogP contribution < -0.4 is 20.6 Å². The van der Waals surface area contributed by atoms with Gasteiger partial charge < -0.3 is 4.90 Å². The first-order chi connectivity index (χ1) is 14.8. The molecule has 0 saturated carbocycles. The van der Waals surface area contributed by atoms with Crippen molar-refractivity contribution in [3.63, 3.8) is 0 Å². The van der Waals surface area contributed by atoms with Gasteiger partial charge in [-0.2, -0.15) is 14.6 Å². The molecule has 0 aliphatic carbocycles. The molecule has 0 fully saturated rings. The molecule has 1 aliphatic rings. The molecule has 10 heteroatoms. The van der Waals surface area contributed by atoms with Crippen LogP contribution in [-0.2, 0) is 11.3 Å². The monoisotopic (exact) mass is 498 g/mol. The lowest BCUT2D eigenvalue weighted by atomic mass is 10.1. The molecule has 2 aromatic carbocycles. The van der Waals surface area contributed by atoms with Gasteiger partial charge in [0.25, 0.3) is 17.0 Å². The molecule has 2 aromatic heterocycles. The minimum Gasteiger partial charge on any atom is -0.303 e. The number of benzene rings is 2. The summed E-state index contributed by atoms with van der Waals surface area (Å²) in [7, 11) is 0. The van der Waals surface area contributed by atoms with Crippen LogP contribution in [0.4, 0.5) is 10.1 Å². The largest absolute Gasteiger partial charge is 0.303 e. The number of carbonyl (C=O) groups excluding carboxylic acids is 1. The van der Waals surface area contributed by atoms with E-state index in [1.807, 2.05) is 0 Å². The maximum Gasteiger partial charge on any atom is 0.295 e. The number of aromatic nitrogens is 3. The summed E-state index contributed by atoms with van der Waals surface area (Å²) in [5.41, 5.74) is 1.27. The second kappa shape index (κ2) is 7.17. The molecule has 5 rings (SSSR count). The lowest BCUT2D eigenvalue weighted by Gasteiger charge is -2.17. The first kappa shape index (κ1) is 19.7. The van der Waals surface area contributed by atoms with Gasteiger partial charge in [-0.25, -0.2) is 4.39 Å². The minimum absolute atomic E-state index is 0.0998. The van der Waals surface area contributed by atoms with Crippen molar-refractivity contribution in [2.24, 2.45) is 0 Å². The number of thiazole rings is 1. The highest BCUT2D eigenvalue weighted by Crippen LogP contribution is 2.38. The van der Waals surface area contributed by atoms with E-state index >= 15 is 0 Å². The van der Waals surface area contributed by atoms with Crippen LogP contribution in [0.25, 0.3) is 10.5 Å². The summed E-state index contributed by atoms with van der Waals surface area (Å²) in [6, 6.07) is 11.3. The molecule has 0 spiro atoms. The molecule has 0 N–H and O–H groups in total. The van der Waals surface area contributed by atoms with Gasteiger partial charge in [-0.15, -0.1) is 0 Å². The Morgan fingerprint density at radius 2 is 1.84 bits per heavy atom. The average molecular weight is 499 g/mol. The summed E-state index contributed by atoms with van der Waals surface area (Å²) < 4.78 is 15.2. The summed E-state index contributed by atoms with van der Waals surface area (Å²) >= 11 is 4.38. The van der Waals surface area contributed by atoms with Gasteiger partial charge in [0, 0.05) is 10.0 Å². The third kappa shape index (κ3) is 3.19. The maximum atomic E-state index is 13.5. The molecule has 0 radical (unpaired) electrons. The number of nitrogens with zero attached hydrogens (tertiary/aromatic N) is 4. The van der Waals surface area contributed by atoms with Crippen LogP contribution in [0.15, 0.2) is 56.5 Å². The van der Waals surface area contributed by atoms with Gasteiger partial charge >= 0.3 is 0 Å². The molecule has 0 unspecified atom stereocenters. The van der Waals surface area contributed by atoms with Crippen LogP contribution >= 0.6 is 27.3 Å². The van der Waals surface area contributed by atoms with Crippen molar-refractivity contribution in [3.8, 4) is 0 Å². The molecule has 7 nitrogen and oxygen atoms in total. The number of hydrogen-bond donors (Lipinski definition) is 0. The molecule has 1 aliphatic heterocycles. The summed E-state index contributed by atoms with van der Waals surface area (Å²) in [6.07, 6.45) is 0. The molecular formula is C21H12BrFN4O3S. The Morgan fingerprint density at radius 3 is 2.58 bits per heavy atom. The van der Waals surface area contributed by atoms with Crippen molar-refractivity contribution in [2.75, 3.05) is 4.90 Å². The zero-order valence-electron chi connectivity index (χ0n) is 15.9. The smallest absolute Gasteiger partial charge is 0.295 e. The van der Waals surface area contributed by atoms with E-state index in [0.29, 0.717) is 11.3 Å². The fourth-order valence-electron chi connectivity index (χ4n) is 3.49. The van der Waals surface area contributed by atoms with Crippen LogP contribution in [0.1, 0.15) is 16.8 Å². The van der Waals surface area contributed by atoms with Crippen molar-refractivity contribution in [1.29, 1.82) is 0 Å². The Bertz CT molecular complexity index is 1560. The van der Waals surface area contributed by atoms with Gasteiger partial charge in [-0.1, -0.05) is 39.4 Å². The molecular weight excluding hydrogens is 487 g/mol. The minimum atomic E-state index is -0.517. The number of anilines is 1. The third-order valence-electron chi connectivity index (χ3n) is 4.98. The zero-order valence-corrected chi connectivity index (χ0v) is 18.3. The highest BCUT2D eigenvalue weighted by Gasteiger charge is 2.34. The highest BCUT2D eigenvalue weighted by molar-refractivity contribution is 9.10. The number of fused-ring (bicyclic) bond motifs is 2. The molecule has 1 amide bonds. The topological polar surface area (TPSA) is 84.6 Å². The number of aryl methyl sites for hydroxylation is 1. The van der Waals surface area contributed by atoms with E-state index < -0.39 is 11.1 Å². The summed E-state index contributed by atoms with van der Waals surface area (Å²) in [5, 5.41) is 4.02. The second-order valence-corrected chi connectivity index (χ2v) is 8.88. The molecule has 4 aromatic rings. The van der Waals surface area contributed by atoms with E-state index in [2.05, 4.69) is 26.0 Å². The summed E-state index contributed by atoms with van der Waals surface area (Å²) in [6.45, 7) is 1.69. The summed E-state index contributed by atoms with van der Waals surface area (Å²) in [5.74, 6) is -0.722. The normalized spacial score (nSPS) is 15.1. The lowest BCUT2D eigenvalue weighted by molar-refractivity contribution is -0.113. The summed E-state index contributed by atoms with van der Waals surface area (Å²) in [4.78, 5) is 44.0. The number of hydrogen-bond acceptors (Lipinski definition) is 6. The fraction of sp³-hybridized carbons (Fsp3) is 0.0952. The average Bonchev–Trinajstić information content (AvgIpc) is 3.17. The van der Waals surface area contributed by atoms with Crippen LogP contribution in [0.5, 0.6) is 0 Å². The quantitative estimate of drug-likeness (QED) is 0.422. The predicted molar refractivity (Wildman–Crippen MR) is 118 cm³/mol. The highest BCUT2D eigenvalue weighted by atomic mass is 79.9. The van der Waals surface area contributed by atoms with Gasteiger partial charge in [0.1, 0.15) is 16.0 Å². The molecule has 0 bridgehead atoms. The van der Waals surface area contributed by atoms with Crippen molar-refractivity contribution < 1.29 is 9.18 Å². The number of amides is 1. The first-order valence-electron chi connectivity index (χ1n) is 9.14.